The maximum Gasteiger partial charge on any atom is 0.255 e. The SMILES string of the molecule is CCCCCCNC(=O)C1CSC(c2ccc(C(C)(C)C)cc2)N1C(=O)c1ccccc1. The van der Waals surface area contributed by atoms with Gasteiger partial charge in [-0.3, -0.25) is 9.59 Å². The van der Waals surface area contributed by atoms with Crippen LogP contribution in [0.5, 0.6) is 0 Å². The van der Waals surface area contributed by atoms with Crippen LogP contribution >= 0.6 is 11.8 Å². The van der Waals surface area contributed by atoms with Crippen LogP contribution in [0.1, 0.15) is 80.2 Å². The van der Waals surface area contributed by atoms with Crippen molar-refractivity contribution >= 4 is 23.6 Å². The molecule has 5 heteroatoms. The first-order valence-electron chi connectivity index (χ1n) is 11.7. The van der Waals surface area contributed by atoms with Gasteiger partial charge in [0.15, 0.2) is 0 Å². The quantitative estimate of drug-likeness (QED) is 0.505. The summed E-state index contributed by atoms with van der Waals surface area (Å²) in [6, 6.07) is 17.3. The number of hydrogen-bond donors (Lipinski definition) is 1. The standard InChI is InChI=1S/C27H36N2O2S/c1-5-6-7-11-18-28-24(30)23-19-32-26(21-14-16-22(17-15-21)27(2,3)4)29(23)25(31)20-12-9-8-10-13-20/h8-10,12-17,23,26H,5-7,11,18-19H2,1-4H3,(H,28,30). The van der Waals surface area contributed by atoms with E-state index in [4.69, 9.17) is 0 Å². The fraction of sp³-hybridized carbons (Fsp3) is 0.481. The van der Waals surface area contributed by atoms with E-state index in [-0.39, 0.29) is 22.6 Å². The Hall–Kier alpha value is -2.27. The van der Waals surface area contributed by atoms with Gasteiger partial charge in [-0.2, -0.15) is 0 Å². The molecule has 1 N–H and O–H groups in total. The minimum atomic E-state index is -0.467. The molecule has 1 heterocycles. The molecule has 2 amide bonds. The van der Waals surface area contributed by atoms with Crippen molar-refractivity contribution in [2.45, 2.75) is 70.2 Å². The van der Waals surface area contributed by atoms with Crippen LogP contribution in [0.2, 0.25) is 0 Å². The summed E-state index contributed by atoms with van der Waals surface area (Å²) >= 11 is 1.67. The Balaban J connectivity index is 1.82. The minimum absolute atomic E-state index is 0.0490. The van der Waals surface area contributed by atoms with E-state index in [1.807, 2.05) is 30.3 Å². The van der Waals surface area contributed by atoms with Gasteiger partial charge in [-0.05, 0) is 35.1 Å². The molecule has 2 aromatic rings. The molecule has 2 atom stereocenters. The highest BCUT2D eigenvalue weighted by molar-refractivity contribution is 7.99. The van der Waals surface area contributed by atoms with Gasteiger partial charge in [0.25, 0.3) is 5.91 Å². The first kappa shape index (κ1) is 24.4. The van der Waals surface area contributed by atoms with Gasteiger partial charge in [0.05, 0.1) is 0 Å². The Bertz CT molecular complexity index is 890. The summed E-state index contributed by atoms with van der Waals surface area (Å²) in [4.78, 5) is 28.4. The van der Waals surface area contributed by atoms with E-state index in [1.165, 1.54) is 18.4 Å². The largest absolute Gasteiger partial charge is 0.354 e. The predicted molar refractivity (Wildman–Crippen MR) is 134 cm³/mol. The third-order valence-electron chi connectivity index (χ3n) is 5.95. The van der Waals surface area contributed by atoms with Gasteiger partial charge in [-0.15, -0.1) is 11.8 Å². The van der Waals surface area contributed by atoms with Crippen molar-refractivity contribution in [2.24, 2.45) is 0 Å². The third-order valence-corrected chi connectivity index (χ3v) is 7.27. The zero-order valence-electron chi connectivity index (χ0n) is 19.8. The van der Waals surface area contributed by atoms with Gasteiger partial charge in [-0.25, -0.2) is 0 Å². The number of thioether (sulfide) groups is 1. The topological polar surface area (TPSA) is 49.4 Å². The molecule has 1 saturated heterocycles. The molecular formula is C27H36N2O2S. The van der Waals surface area contributed by atoms with E-state index < -0.39 is 6.04 Å². The molecule has 1 fully saturated rings. The van der Waals surface area contributed by atoms with Crippen LogP contribution in [0.15, 0.2) is 54.6 Å². The molecule has 0 aromatic heterocycles. The fourth-order valence-corrected chi connectivity index (χ4v) is 5.40. The second-order valence-corrected chi connectivity index (χ2v) is 10.6. The molecule has 1 aliphatic rings. The average Bonchev–Trinajstić information content (AvgIpc) is 3.23. The molecule has 32 heavy (non-hydrogen) atoms. The van der Waals surface area contributed by atoms with E-state index in [9.17, 15) is 9.59 Å². The van der Waals surface area contributed by atoms with Crippen molar-refractivity contribution in [3.05, 3.63) is 71.3 Å². The number of rotatable bonds is 8. The number of nitrogens with one attached hydrogen (secondary N) is 1. The Kier molecular flexibility index (Phi) is 8.41. The van der Waals surface area contributed by atoms with Crippen LogP contribution in [0, 0.1) is 0 Å². The van der Waals surface area contributed by atoms with Gasteiger partial charge < -0.3 is 10.2 Å². The number of nitrogens with zero attached hydrogens (tertiary/aromatic N) is 1. The lowest BCUT2D eigenvalue weighted by molar-refractivity contribution is -0.124. The van der Waals surface area contributed by atoms with Gasteiger partial charge in [-0.1, -0.05) is 89.4 Å². The molecule has 0 aliphatic carbocycles. The van der Waals surface area contributed by atoms with Crippen molar-refractivity contribution in [3.63, 3.8) is 0 Å². The number of amides is 2. The van der Waals surface area contributed by atoms with Crippen molar-refractivity contribution in [1.29, 1.82) is 0 Å². The molecule has 0 saturated carbocycles. The second kappa shape index (κ2) is 11.0. The molecule has 2 aromatic carbocycles. The summed E-state index contributed by atoms with van der Waals surface area (Å²) in [6.07, 6.45) is 4.44. The summed E-state index contributed by atoms with van der Waals surface area (Å²) in [5.74, 6) is 0.462. The lowest BCUT2D eigenvalue weighted by Gasteiger charge is -2.29. The van der Waals surface area contributed by atoms with Crippen LogP contribution in [0.25, 0.3) is 0 Å². The average molecular weight is 453 g/mol. The normalized spacial score (nSPS) is 18.6. The van der Waals surface area contributed by atoms with Crippen LogP contribution in [-0.4, -0.2) is 35.1 Å². The first-order valence-corrected chi connectivity index (χ1v) is 12.7. The molecule has 172 valence electrons. The summed E-state index contributed by atoms with van der Waals surface area (Å²) in [5.41, 5.74) is 3.00. The van der Waals surface area contributed by atoms with Gasteiger partial charge in [0, 0.05) is 17.9 Å². The highest BCUT2D eigenvalue weighted by atomic mass is 32.2. The van der Waals surface area contributed by atoms with E-state index in [0.29, 0.717) is 17.9 Å². The monoisotopic (exact) mass is 452 g/mol. The Morgan fingerprint density at radius 1 is 1.00 bits per heavy atom. The summed E-state index contributed by atoms with van der Waals surface area (Å²) < 4.78 is 0. The Morgan fingerprint density at radius 2 is 1.69 bits per heavy atom. The van der Waals surface area contributed by atoms with Crippen LogP contribution in [-0.2, 0) is 10.2 Å². The highest BCUT2D eigenvalue weighted by Crippen LogP contribution is 2.42. The van der Waals surface area contributed by atoms with E-state index in [2.05, 4.69) is 57.3 Å². The van der Waals surface area contributed by atoms with Gasteiger partial charge in [0.2, 0.25) is 5.91 Å². The number of unbranched alkanes of at least 4 members (excludes halogenated alkanes) is 3. The molecule has 4 nitrogen and oxygen atoms in total. The number of carbonyl (C=O) groups is 2. The van der Waals surface area contributed by atoms with Crippen LogP contribution in [0.3, 0.4) is 0 Å². The molecule has 0 spiro atoms. The molecular weight excluding hydrogens is 416 g/mol. The van der Waals surface area contributed by atoms with E-state index in [1.54, 1.807) is 16.7 Å². The number of hydrogen-bond acceptors (Lipinski definition) is 3. The zero-order valence-corrected chi connectivity index (χ0v) is 20.6. The first-order chi connectivity index (χ1) is 15.3. The van der Waals surface area contributed by atoms with Crippen molar-refractivity contribution < 1.29 is 9.59 Å². The number of benzene rings is 2. The highest BCUT2D eigenvalue weighted by Gasteiger charge is 2.42. The molecule has 1 aliphatic heterocycles. The Labute approximate surface area is 197 Å². The van der Waals surface area contributed by atoms with E-state index in [0.717, 1.165) is 18.4 Å². The lowest BCUT2D eigenvalue weighted by Crippen LogP contribution is -2.48. The smallest absolute Gasteiger partial charge is 0.255 e. The predicted octanol–water partition coefficient (Wildman–Crippen LogP) is 5.94. The fourth-order valence-electron chi connectivity index (χ4n) is 3.97. The maximum absolute atomic E-state index is 13.5. The third kappa shape index (κ3) is 5.94. The summed E-state index contributed by atoms with van der Waals surface area (Å²) in [7, 11) is 0. The Morgan fingerprint density at radius 3 is 2.31 bits per heavy atom. The van der Waals surface area contributed by atoms with Crippen molar-refractivity contribution in [3.8, 4) is 0 Å². The molecule has 3 rings (SSSR count). The second-order valence-electron chi connectivity index (χ2n) is 9.50. The van der Waals surface area contributed by atoms with Gasteiger partial charge in [0.1, 0.15) is 11.4 Å². The molecule has 0 bridgehead atoms. The molecule has 2 unspecified atom stereocenters. The van der Waals surface area contributed by atoms with Gasteiger partial charge >= 0.3 is 0 Å². The summed E-state index contributed by atoms with van der Waals surface area (Å²) in [6.45, 7) is 9.42. The zero-order chi connectivity index (χ0) is 23.1. The van der Waals surface area contributed by atoms with Crippen molar-refractivity contribution in [1.82, 2.24) is 10.2 Å². The van der Waals surface area contributed by atoms with Crippen LogP contribution < -0.4 is 5.32 Å². The van der Waals surface area contributed by atoms with Crippen molar-refractivity contribution in [2.75, 3.05) is 12.3 Å². The van der Waals surface area contributed by atoms with Crippen LogP contribution in [0.4, 0.5) is 0 Å². The maximum atomic E-state index is 13.5. The minimum Gasteiger partial charge on any atom is -0.354 e. The lowest BCUT2D eigenvalue weighted by atomic mass is 9.86. The van der Waals surface area contributed by atoms with E-state index >= 15 is 0 Å². The summed E-state index contributed by atoms with van der Waals surface area (Å²) in [5, 5.41) is 2.90. The number of carbonyl (C=O) groups excluding carboxylic acids is 2. The molecule has 0 radical (unpaired) electrons.